The molecule has 1 fully saturated rings. The van der Waals surface area contributed by atoms with Crippen molar-refractivity contribution in [2.24, 2.45) is 0 Å². The van der Waals surface area contributed by atoms with Crippen LogP contribution in [0.4, 0.5) is 5.95 Å². The molecule has 4 nitrogen and oxygen atoms in total. The topological polar surface area (TPSA) is 53.1 Å². The van der Waals surface area contributed by atoms with E-state index in [1.807, 2.05) is 12.1 Å². The van der Waals surface area contributed by atoms with Crippen molar-refractivity contribution in [3.05, 3.63) is 18.2 Å². The van der Waals surface area contributed by atoms with Crippen molar-refractivity contribution in [2.75, 3.05) is 12.8 Å². The quantitative estimate of drug-likeness (QED) is 0.864. The second kappa shape index (κ2) is 3.95. The summed E-state index contributed by atoms with van der Waals surface area (Å²) in [6.45, 7) is 0. The number of hydrogen-bond acceptors (Lipinski definition) is 3. The molecule has 2 N–H and O–H groups in total. The summed E-state index contributed by atoms with van der Waals surface area (Å²) >= 11 is 0. The molecular weight excluding hydrogens is 214 g/mol. The smallest absolute Gasteiger partial charge is 0.201 e. The lowest BCUT2D eigenvalue weighted by molar-refractivity contribution is 0.415. The minimum absolute atomic E-state index is 0.522. The maximum Gasteiger partial charge on any atom is 0.201 e. The molecule has 0 radical (unpaired) electrons. The zero-order chi connectivity index (χ0) is 11.8. The number of fused-ring (bicyclic) bond motifs is 1. The second-order valence-corrected chi connectivity index (χ2v) is 4.63. The maximum absolute atomic E-state index is 6.04. The van der Waals surface area contributed by atoms with Crippen LogP contribution < -0.4 is 10.5 Å². The van der Waals surface area contributed by atoms with Gasteiger partial charge in [-0.1, -0.05) is 12.8 Å². The lowest BCUT2D eigenvalue weighted by Gasteiger charge is -2.14. The van der Waals surface area contributed by atoms with Crippen molar-refractivity contribution in [1.29, 1.82) is 0 Å². The first kappa shape index (κ1) is 10.4. The number of benzene rings is 1. The van der Waals surface area contributed by atoms with Crippen LogP contribution in [0.5, 0.6) is 5.75 Å². The highest BCUT2D eigenvalue weighted by Gasteiger charge is 2.21. The Hall–Kier alpha value is -1.71. The molecule has 0 unspecified atom stereocenters. The highest BCUT2D eigenvalue weighted by molar-refractivity contribution is 5.80. The summed E-state index contributed by atoms with van der Waals surface area (Å²) in [5, 5.41) is 0. The molecule has 1 aromatic carbocycles. The third-order valence-electron chi connectivity index (χ3n) is 3.61. The molecule has 1 aliphatic rings. The van der Waals surface area contributed by atoms with Crippen LogP contribution in [0.25, 0.3) is 11.0 Å². The Labute approximate surface area is 100 Å². The number of anilines is 1. The number of hydrogen-bond donors (Lipinski definition) is 1. The fraction of sp³-hybridized carbons (Fsp3) is 0.462. The van der Waals surface area contributed by atoms with Crippen LogP contribution in [0, 0.1) is 0 Å². The Balaban J connectivity index is 2.13. The van der Waals surface area contributed by atoms with E-state index >= 15 is 0 Å². The molecule has 17 heavy (non-hydrogen) atoms. The summed E-state index contributed by atoms with van der Waals surface area (Å²) < 4.78 is 7.39. The average molecular weight is 231 g/mol. The molecule has 1 heterocycles. The van der Waals surface area contributed by atoms with Gasteiger partial charge in [-0.3, -0.25) is 0 Å². The second-order valence-electron chi connectivity index (χ2n) is 4.63. The van der Waals surface area contributed by atoms with Crippen molar-refractivity contribution < 1.29 is 4.74 Å². The normalized spacial score (nSPS) is 16.8. The van der Waals surface area contributed by atoms with Gasteiger partial charge in [-0.15, -0.1) is 0 Å². The van der Waals surface area contributed by atoms with Gasteiger partial charge < -0.3 is 15.0 Å². The minimum atomic E-state index is 0.522. The number of imidazole rings is 1. The molecule has 1 saturated carbocycles. The molecule has 0 amide bonds. The van der Waals surface area contributed by atoms with Crippen LogP contribution >= 0.6 is 0 Å². The molecular formula is C13H17N3O. The molecule has 0 bridgehead atoms. The van der Waals surface area contributed by atoms with Crippen molar-refractivity contribution in [2.45, 2.75) is 31.7 Å². The largest absolute Gasteiger partial charge is 0.497 e. The number of nitrogen functional groups attached to an aromatic ring is 1. The molecule has 90 valence electrons. The predicted octanol–water partition coefficient (Wildman–Crippen LogP) is 2.74. The SMILES string of the molecule is COc1ccc2c(c1)nc(N)n2C1CCCC1. The highest BCUT2D eigenvalue weighted by Crippen LogP contribution is 2.35. The van der Waals surface area contributed by atoms with Crippen LogP contribution in [0.1, 0.15) is 31.7 Å². The van der Waals surface area contributed by atoms with Crippen molar-refractivity contribution >= 4 is 17.0 Å². The number of aromatic nitrogens is 2. The van der Waals surface area contributed by atoms with Crippen LogP contribution in [0.15, 0.2) is 18.2 Å². The molecule has 1 aromatic heterocycles. The fourth-order valence-corrected chi connectivity index (χ4v) is 2.77. The Bertz CT molecular complexity index is 541. The summed E-state index contributed by atoms with van der Waals surface area (Å²) in [5.41, 5.74) is 8.08. The summed E-state index contributed by atoms with van der Waals surface area (Å²) in [4.78, 5) is 4.43. The number of ether oxygens (including phenoxy) is 1. The summed E-state index contributed by atoms with van der Waals surface area (Å²) in [5.74, 6) is 1.45. The zero-order valence-corrected chi connectivity index (χ0v) is 10.0. The summed E-state index contributed by atoms with van der Waals surface area (Å²) in [6.07, 6.45) is 5.00. The van der Waals surface area contributed by atoms with Gasteiger partial charge in [0.25, 0.3) is 0 Å². The monoisotopic (exact) mass is 231 g/mol. The third kappa shape index (κ3) is 1.64. The summed E-state index contributed by atoms with van der Waals surface area (Å²) in [7, 11) is 1.67. The van der Waals surface area contributed by atoms with Crippen molar-refractivity contribution in [3.63, 3.8) is 0 Å². The van der Waals surface area contributed by atoms with E-state index in [4.69, 9.17) is 10.5 Å². The van der Waals surface area contributed by atoms with Gasteiger partial charge >= 0.3 is 0 Å². The van der Waals surface area contributed by atoms with E-state index in [1.165, 1.54) is 25.7 Å². The van der Waals surface area contributed by atoms with Gasteiger partial charge in [0.2, 0.25) is 5.95 Å². The molecule has 0 saturated heterocycles. The fourth-order valence-electron chi connectivity index (χ4n) is 2.77. The van der Waals surface area contributed by atoms with Gasteiger partial charge in [0, 0.05) is 12.1 Å². The highest BCUT2D eigenvalue weighted by atomic mass is 16.5. The van der Waals surface area contributed by atoms with Crippen LogP contribution in [0.2, 0.25) is 0 Å². The zero-order valence-electron chi connectivity index (χ0n) is 10.0. The third-order valence-corrected chi connectivity index (χ3v) is 3.61. The molecule has 0 atom stereocenters. The van der Waals surface area contributed by atoms with Crippen molar-refractivity contribution in [1.82, 2.24) is 9.55 Å². The molecule has 2 aromatic rings. The van der Waals surface area contributed by atoms with Gasteiger partial charge in [0.1, 0.15) is 5.75 Å². The Kier molecular flexibility index (Phi) is 2.42. The predicted molar refractivity (Wildman–Crippen MR) is 68.2 cm³/mol. The van der Waals surface area contributed by atoms with E-state index in [-0.39, 0.29) is 0 Å². The number of nitrogens with two attached hydrogens (primary N) is 1. The summed E-state index contributed by atoms with van der Waals surface area (Å²) in [6, 6.07) is 6.48. The lowest BCUT2D eigenvalue weighted by atomic mass is 10.2. The number of methoxy groups -OCH3 is 1. The molecule has 0 aliphatic heterocycles. The van der Waals surface area contributed by atoms with E-state index in [1.54, 1.807) is 7.11 Å². The van der Waals surface area contributed by atoms with Gasteiger partial charge in [-0.2, -0.15) is 0 Å². The van der Waals surface area contributed by atoms with E-state index in [2.05, 4.69) is 15.6 Å². The molecule has 1 aliphatic carbocycles. The van der Waals surface area contributed by atoms with E-state index in [9.17, 15) is 0 Å². The van der Waals surface area contributed by atoms with Crippen LogP contribution in [-0.2, 0) is 0 Å². The van der Waals surface area contributed by atoms with Gasteiger partial charge in [0.05, 0.1) is 18.1 Å². The van der Waals surface area contributed by atoms with Gasteiger partial charge in [0.15, 0.2) is 0 Å². The molecule has 4 heteroatoms. The van der Waals surface area contributed by atoms with Crippen LogP contribution in [0.3, 0.4) is 0 Å². The minimum Gasteiger partial charge on any atom is -0.497 e. The van der Waals surface area contributed by atoms with E-state index in [0.717, 1.165) is 16.8 Å². The van der Waals surface area contributed by atoms with E-state index in [0.29, 0.717) is 12.0 Å². The van der Waals surface area contributed by atoms with Gasteiger partial charge in [-0.05, 0) is 25.0 Å². The first-order valence-electron chi connectivity index (χ1n) is 6.11. The average Bonchev–Trinajstić information content (AvgIpc) is 2.93. The Morgan fingerprint density at radius 3 is 2.82 bits per heavy atom. The lowest BCUT2D eigenvalue weighted by Crippen LogP contribution is -2.08. The van der Waals surface area contributed by atoms with Crippen molar-refractivity contribution in [3.8, 4) is 5.75 Å². The Morgan fingerprint density at radius 1 is 1.35 bits per heavy atom. The first-order valence-corrected chi connectivity index (χ1v) is 6.11. The molecule has 0 spiro atoms. The maximum atomic E-state index is 6.04. The molecule has 3 rings (SSSR count). The van der Waals surface area contributed by atoms with Crippen LogP contribution in [-0.4, -0.2) is 16.7 Å². The Morgan fingerprint density at radius 2 is 2.12 bits per heavy atom. The first-order chi connectivity index (χ1) is 8.29. The number of rotatable bonds is 2. The van der Waals surface area contributed by atoms with Gasteiger partial charge in [-0.25, -0.2) is 4.98 Å². The van der Waals surface area contributed by atoms with E-state index < -0.39 is 0 Å². The standard InChI is InChI=1S/C13H17N3O/c1-17-10-6-7-12-11(8-10)15-13(14)16(12)9-4-2-3-5-9/h6-9H,2-5H2,1H3,(H2,14,15). The number of nitrogens with zero attached hydrogens (tertiary/aromatic N) is 2.